The number of hydrogen-bond donors (Lipinski definition) is 2. The number of nitrogen functional groups attached to an aromatic ring is 1. The highest BCUT2D eigenvalue weighted by molar-refractivity contribution is 5.95. The summed E-state index contributed by atoms with van der Waals surface area (Å²) in [5.41, 5.74) is 7.94. The minimum atomic E-state index is -0.0964. The Hall–Kier alpha value is -1.55. The molecule has 4 heteroatoms. The molecule has 0 aliphatic carbocycles. The predicted octanol–water partition coefficient (Wildman–Crippen LogP) is 2.12. The first-order valence-corrected chi connectivity index (χ1v) is 6.23. The molecule has 3 N–H and O–H groups in total. The average Bonchev–Trinajstić information content (AvgIpc) is 2.28. The van der Waals surface area contributed by atoms with Crippen molar-refractivity contribution >= 4 is 11.6 Å². The summed E-state index contributed by atoms with van der Waals surface area (Å²) in [7, 11) is 1.64. The molecule has 4 nitrogen and oxygen atoms in total. The van der Waals surface area contributed by atoms with E-state index in [1.54, 1.807) is 13.2 Å². The summed E-state index contributed by atoms with van der Waals surface area (Å²) in [4.78, 5) is 12.1. The SMILES string of the molecule is CCCC(COC)NC(=O)c1cc(C)cc(N)c1. The molecule has 0 saturated heterocycles. The van der Waals surface area contributed by atoms with Crippen LogP contribution in [-0.2, 0) is 4.74 Å². The maximum atomic E-state index is 12.1. The summed E-state index contributed by atoms with van der Waals surface area (Å²) in [5.74, 6) is -0.0964. The smallest absolute Gasteiger partial charge is 0.251 e. The molecule has 1 amide bonds. The Kier molecular flexibility index (Phi) is 5.65. The van der Waals surface area contributed by atoms with Crippen molar-refractivity contribution < 1.29 is 9.53 Å². The van der Waals surface area contributed by atoms with Gasteiger partial charge in [0, 0.05) is 18.4 Å². The van der Waals surface area contributed by atoms with Gasteiger partial charge >= 0.3 is 0 Å². The van der Waals surface area contributed by atoms with Crippen molar-refractivity contribution in [2.75, 3.05) is 19.5 Å². The Balaban J connectivity index is 2.73. The minimum Gasteiger partial charge on any atom is -0.399 e. The van der Waals surface area contributed by atoms with E-state index in [0.717, 1.165) is 18.4 Å². The van der Waals surface area contributed by atoms with Crippen LogP contribution in [0.1, 0.15) is 35.7 Å². The second kappa shape index (κ2) is 7.01. The van der Waals surface area contributed by atoms with Gasteiger partial charge in [-0.05, 0) is 37.1 Å². The topological polar surface area (TPSA) is 64.3 Å². The van der Waals surface area contributed by atoms with Crippen molar-refractivity contribution in [1.29, 1.82) is 0 Å². The first-order chi connectivity index (χ1) is 8.56. The number of hydrogen-bond acceptors (Lipinski definition) is 3. The van der Waals surface area contributed by atoms with Gasteiger partial charge in [0.2, 0.25) is 0 Å². The summed E-state index contributed by atoms with van der Waals surface area (Å²) >= 11 is 0. The fourth-order valence-electron chi connectivity index (χ4n) is 1.96. The average molecular weight is 250 g/mol. The predicted molar refractivity (Wildman–Crippen MR) is 73.6 cm³/mol. The van der Waals surface area contributed by atoms with E-state index in [9.17, 15) is 4.79 Å². The molecular formula is C14H22N2O2. The standard InChI is InChI=1S/C14H22N2O2/c1-4-5-13(9-18-3)16-14(17)11-6-10(2)7-12(15)8-11/h6-8,13H,4-5,9,15H2,1-3H3,(H,16,17). The third-order valence-corrected chi connectivity index (χ3v) is 2.70. The molecule has 0 saturated carbocycles. The van der Waals surface area contributed by atoms with E-state index in [-0.39, 0.29) is 11.9 Å². The van der Waals surface area contributed by atoms with Gasteiger partial charge < -0.3 is 15.8 Å². The van der Waals surface area contributed by atoms with Crippen LogP contribution in [0.5, 0.6) is 0 Å². The second-order valence-electron chi connectivity index (χ2n) is 4.55. The summed E-state index contributed by atoms with van der Waals surface area (Å²) in [5, 5.41) is 2.97. The van der Waals surface area contributed by atoms with Gasteiger partial charge in [-0.15, -0.1) is 0 Å². The van der Waals surface area contributed by atoms with E-state index in [4.69, 9.17) is 10.5 Å². The minimum absolute atomic E-state index is 0.0502. The Morgan fingerprint density at radius 3 is 2.72 bits per heavy atom. The van der Waals surface area contributed by atoms with Gasteiger partial charge in [0.1, 0.15) is 0 Å². The molecular weight excluding hydrogens is 228 g/mol. The highest BCUT2D eigenvalue weighted by Crippen LogP contribution is 2.11. The van der Waals surface area contributed by atoms with Crippen molar-refractivity contribution in [2.45, 2.75) is 32.7 Å². The van der Waals surface area contributed by atoms with Crippen molar-refractivity contribution in [2.24, 2.45) is 0 Å². The number of aryl methyl sites for hydroxylation is 1. The number of carbonyl (C=O) groups is 1. The first kappa shape index (κ1) is 14.5. The fraction of sp³-hybridized carbons (Fsp3) is 0.500. The summed E-state index contributed by atoms with van der Waals surface area (Å²) in [6.45, 7) is 4.53. The van der Waals surface area contributed by atoms with Crippen LogP contribution in [0.4, 0.5) is 5.69 Å². The van der Waals surface area contributed by atoms with Crippen LogP contribution in [0.3, 0.4) is 0 Å². The lowest BCUT2D eigenvalue weighted by Gasteiger charge is -2.17. The van der Waals surface area contributed by atoms with Crippen LogP contribution in [-0.4, -0.2) is 25.7 Å². The van der Waals surface area contributed by atoms with E-state index in [2.05, 4.69) is 12.2 Å². The van der Waals surface area contributed by atoms with Crippen molar-refractivity contribution in [3.63, 3.8) is 0 Å². The lowest BCUT2D eigenvalue weighted by Crippen LogP contribution is -2.38. The van der Waals surface area contributed by atoms with Gasteiger partial charge in [0.05, 0.1) is 12.6 Å². The molecule has 0 spiro atoms. The highest BCUT2D eigenvalue weighted by atomic mass is 16.5. The molecule has 1 aromatic carbocycles. The van der Waals surface area contributed by atoms with Crippen LogP contribution < -0.4 is 11.1 Å². The first-order valence-electron chi connectivity index (χ1n) is 6.23. The summed E-state index contributed by atoms with van der Waals surface area (Å²) in [6.07, 6.45) is 1.91. The van der Waals surface area contributed by atoms with Crippen LogP contribution in [0.2, 0.25) is 0 Å². The van der Waals surface area contributed by atoms with E-state index < -0.39 is 0 Å². The lowest BCUT2D eigenvalue weighted by molar-refractivity contribution is 0.0891. The third kappa shape index (κ3) is 4.37. The van der Waals surface area contributed by atoms with Crippen LogP contribution >= 0.6 is 0 Å². The quantitative estimate of drug-likeness (QED) is 0.760. The number of carbonyl (C=O) groups excluding carboxylic acids is 1. The van der Waals surface area contributed by atoms with E-state index in [0.29, 0.717) is 17.9 Å². The van der Waals surface area contributed by atoms with Crippen LogP contribution in [0.15, 0.2) is 18.2 Å². The van der Waals surface area contributed by atoms with Crippen molar-refractivity contribution in [3.05, 3.63) is 29.3 Å². The molecule has 0 radical (unpaired) electrons. The van der Waals surface area contributed by atoms with Gasteiger partial charge in [-0.3, -0.25) is 4.79 Å². The zero-order valence-corrected chi connectivity index (χ0v) is 11.3. The molecule has 0 fully saturated rings. The number of methoxy groups -OCH3 is 1. The molecule has 18 heavy (non-hydrogen) atoms. The van der Waals surface area contributed by atoms with Gasteiger partial charge in [-0.1, -0.05) is 13.3 Å². The van der Waals surface area contributed by atoms with E-state index in [1.165, 1.54) is 0 Å². The number of anilines is 1. The molecule has 0 aromatic heterocycles. The monoisotopic (exact) mass is 250 g/mol. The normalized spacial score (nSPS) is 12.2. The Bertz CT molecular complexity index is 379. The Labute approximate surface area is 109 Å². The maximum Gasteiger partial charge on any atom is 0.251 e. The molecule has 1 aromatic rings. The molecule has 1 unspecified atom stereocenters. The molecule has 1 atom stereocenters. The van der Waals surface area contributed by atoms with Gasteiger partial charge in [-0.2, -0.15) is 0 Å². The Morgan fingerprint density at radius 1 is 1.44 bits per heavy atom. The zero-order valence-electron chi connectivity index (χ0n) is 11.3. The zero-order chi connectivity index (χ0) is 13.5. The van der Waals surface area contributed by atoms with Gasteiger partial charge in [0.15, 0.2) is 0 Å². The molecule has 0 bridgehead atoms. The van der Waals surface area contributed by atoms with Crippen LogP contribution in [0.25, 0.3) is 0 Å². The van der Waals surface area contributed by atoms with E-state index in [1.807, 2.05) is 19.1 Å². The van der Waals surface area contributed by atoms with Crippen molar-refractivity contribution in [3.8, 4) is 0 Å². The largest absolute Gasteiger partial charge is 0.399 e. The third-order valence-electron chi connectivity index (χ3n) is 2.70. The number of amides is 1. The molecule has 100 valence electrons. The Morgan fingerprint density at radius 2 is 2.17 bits per heavy atom. The molecule has 0 heterocycles. The second-order valence-corrected chi connectivity index (χ2v) is 4.55. The van der Waals surface area contributed by atoms with Gasteiger partial charge in [0.25, 0.3) is 5.91 Å². The molecule has 0 aliphatic rings. The fourth-order valence-corrected chi connectivity index (χ4v) is 1.96. The van der Waals surface area contributed by atoms with Gasteiger partial charge in [-0.25, -0.2) is 0 Å². The number of ether oxygens (including phenoxy) is 1. The number of nitrogens with one attached hydrogen (secondary N) is 1. The maximum absolute atomic E-state index is 12.1. The van der Waals surface area contributed by atoms with Crippen LogP contribution in [0, 0.1) is 6.92 Å². The summed E-state index contributed by atoms with van der Waals surface area (Å²) in [6, 6.07) is 5.42. The highest BCUT2D eigenvalue weighted by Gasteiger charge is 2.13. The number of nitrogens with two attached hydrogens (primary N) is 1. The number of benzene rings is 1. The van der Waals surface area contributed by atoms with E-state index >= 15 is 0 Å². The molecule has 0 aliphatic heterocycles. The summed E-state index contributed by atoms with van der Waals surface area (Å²) < 4.78 is 5.10. The molecule has 1 rings (SSSR count). The lowest BCUT2D eigenvalue weighted by atomic mass is 10.1. The van der Waals surface area contributed by atoms with Crippen molar-refractivity contribution in [1.82, 2.24) is 5.32 Å². The number of rotatable bonds is 6.